The molecule has 1 heterocycles. The van der Waals surface area contributed by atoms with E-state index in [9.17, 15) is 4.79 Å². The predicted octanol–water partition coefficient (Wildman–Crippen LogP) is 3.26. The molecule has 92 valence electrons. The molecule has 4 heteroatoms. The molecule has 0 radical (unpaired) electrons. The normalized spacial score (nSPS) is 10.9. The zero-order valence-electron chi connectivity index (χ0n) is 10.2. The second-order valence-corrected chi connectivity index (χ2v) is 5.13. The van der Waals surface area contributed by atoms with Crippen molar-refractivity contribution in [3.8, 4) is 5.75 Å². The Labute approximate surface area is 105 Å². The Morgan fingerprint density at radius 2 is 2.18 bits per heavy atom. The van der Waals surface area contributed by atoms with Crippen molar-refractivity contribution < 1.29 is 4.74 Å². The maximum absolute atomic E-state index is 12.1. The summed E-state index contributed by atoms with van der Waals surface area (Å²) in [4.78, 5) is 12.1. The van der Waals surface area contributed by atoms with Gasteiger partial charge in [0.15, 0.2) is 0 Å². The minimum absolute atomic E-state index is 0.128. The number of unbranched alkanes of at least 4 members (excludes halogenated alkanes) is 2. The minimum atomic E-state index is 0.128. The summed E-state index contributed by atoms with van der Waals surface area (Å²) in [5.74, 6) is 0.805. The largest absolute Gasteiger partial charge is 0.497 e. The number of nitrogens with zero attached hydrogens (tertiary/aromatic N) is 1. The third kappa shape index (κ3) is 2.52. The first kappa shape index (κ1) is 12.2. The van der Waals surface area contributed by atoms with Crippen LogP contribution in [0.4, 0.5) is 0 Å². The lowest BCUT2D eigenvalue weighted by Gasteiger charge is -1.97. The molecule has 1 aromatic carbocycles. The molecule has 0 amide bonds. The molecule has 0 saturated carbocycles. The van der Waals surface area contributed by atoms with Crippen LogP contribution in [-0.2, 0) is 6.54 Å². The molecule has 0 aliphatic rings. The number of aryl methyl sites for hydroxylation is 1. The molecular formula is C13H17NO2S. The number of hydrogen-bond acceptors (Lipinski definition) is 3. The first-order valence-electron chi connectivity index (χ1n) is 5.94. The summed E-state index contributed by atoms with van der Waals surface area (Å²) in [5.41, 5.74) is 0.128. The molecule has 2 aromatic rings. The Morgan fingerprint density at radius 1 is 1.35 bits per heavy atom. The van der Waals surface area contributed by atoms with Crippen LogP contribution in [0.25, 0.3) is 10.1 Å². The number of fused-ring (bicyclic) bond motifs is 1. The van der Waals surface area contributed by atoms with Gasteiger partial charge in [0.2, 0.25) is 0 Å². The fourth-order valence-corrected chi connectivity index (χ4v) is 2.89. The molecule has 3 nitrogen and oxygen atoms in total. The van der Waals surface area contributed by atoms with Gasteiger partial charge in [0.05, 0.1) is 17.2 Å². The molecule has 0 unspecified atom stereocenters. The van der Waals surface area contributed by atoms with Crippen molar-refractivity contribution >= 4 is 21.6 Å². The van der Waals surface area contributed by atoms with Crippen molar-refractivity contribution in [2.24, 2.45) is 0 Å². The molecule has 0 bridgehead atoms. The molecule has 0 aliphatic heterocycles. The summed E-state index contributed by atoms with van der Waals surface area (Å²) >= 11 is 1.53. The first-order chi connectivity index (χ1) is 8.26. The minimum Gasteiger partial charge on any atom is -0.497 e. The van der Waals surface area contributed by atoms with Crippen molar-refractivity contribution in [1.29, 1.82) is 0 Å². The van der Waals surface area contributed by atoms with Crippen LogP contribution in [0.2, 0.25) is 0 Å². The Hall–Kier alpha value is -1.29. The van der Waals surface area contributed by atoms with Gasteiger partial charge in [-0.05, 0) is 24.6 Å². The Bertz CT molecular complexity index is 556. The number of aromatic nitrogens is 1. The number of rotatable bonds is 5. The summed E-state index contributed by atoms with van der Waals surface area (Å²) < 4.78 is 8.02. The van der Waals surface area contributed by atoms with Crippen LogP contribution in [0, 0.1) is 0 Å². The van der Waals surface area contributed by atoms with Crippen LogP contribution >= 0.6 is 11.5 Å². The number of ether oxygens (including phenoxy) is 1. The number of hydrogen-bond donors (Lipinski definition) is 0. The van der Waals surface area contributed by atoms with Crippen LogP contribution < -0.4 is 10.3 Å². The summed E-state index contributed by atoms with van der Waals surface area (Å²) in [6.07, 6.45) is 3.41. The van der Waals surface area contributed by atoms with Gasteiger partial charge in [0.1, 0.15) is 5.75 Å². The van der Waals surface area contributed by atoms with Crippen molar-refractivity contribution in [1.82, 2.24) is 3.96 Å². The van der Waals surface area contributed by atoms with E-state index in [1.165, 1.54) is 24.4 Å². The zero-order chi connectivity index (χ0) is 12.3. The third-order valence-electron chi connectivity index (χ3n) is 2.82. The fraction of sp³-hybridized carbons (Fsp3) is 0.462. The standard InChI is InChI=1S/C13H17NO2S/c1-3-4-5-8-14-13(15)11-7-6-10(16-2)9-12(11)17-14/h6-7,9H,3-5,8H2,1-2H3. The highest BCUT2D eigenvalue weighted by Gasteiger charge is 2.07. The molecule has 17 heavy (non-hydrogen) atoms. The van der Waals surface area contributed by atoms with E-state index in [0.717, 1.165) is 28.8 Å². The summed E-state index contributed by atoms with van der Waals surface area (Å²) in [5, 5.41) is 0.798. The van der Waals surface area contributed by atoms with Gasteiger partial charge in [-0.25, -0.2) is 0 Å². The van der Waals surface area contributed by atoms with Gasteiger partial charge in [-0.2, -0.15) is 0 Å². The van der Waals surface area contributed by atoms with E-state index in [0.29, 0.717) is 0 Å². The average molecular weight is 251 g/mol. The average Bonchev–Trinajstić information content (AvgIpc) is 2.66. The first-order valence-corrected chi connectivity index (χ1v) is 6.71. The topological polar surface area (TPSA) is 31.2 Å². The molecule has 0 aliphatic carbocycles. The predicted molar refractivity (Wildman–Crippen MR) is 72.2 cm³/mol. The highest BCUT2D eigenvalue weighted by atomic mass is 32.1. The molecule has 1 aromatic heterocycles. The van der Waals surface area contributed by atoms with Crippen LogP contribution in [-0.4, -0.2) is 11.1 Å². The van der Waals surface area contributed by atoms with Gasteiger partial charge in [0, 0.05) is 6.54 Å². The summed E-state index contributed by atoms with van der Waals surface area (Å²) in [6, 6.07) is 5.62. The highest BCUT2D eigenvalue weighted by molar-refractivity contribution is 7.13. The molecular weight excluding hydrogens is 234 g/mol. The monoisotopic (exact) mass is 251 g/mol. The summed E-state index contributed by atoms with van der Waals surface area (Å²) in [6.45, 7) is 2.99. The van der Waals surface area contributed by atoms with Crippen molar-refractivity contribution in [2.45, 2.75) is 32.7 Å². The summed E-state index contributed by atoms with van der Waals surface area (Å²) in [7, 11) is 1.64. The molecule has 0 N–H and O–H groups in total. The van der Waals surface area contributed by atoms with E-state index in [1.807, 2.05) is 22.2 Å². The third-order valence-corrected chi connectivity index (χ3v) is 3.92. The number of methoxy groups -OCH3 is 1. The molecule has 2 rings (SSSR count). The fourth-order valence-electron chi connectivity index (χ4n) is 1.83. The zero-order valence-corrected chi connectivity index (χ0v) is 11.0. The SMILES string of the molecule is CCCCCn1sc2cc(OC)ccc2c1=O. The van der Waals surface area contributed by atoms with E-state index in [4.69, 9.17) is 4.74 Å². The van der Waals surface area contributed by atoms with E-state index < -0.39 is 0 Å². The van der Waals surface area contributed by atoms with Gasteiger partial charge in [-0.1, -0.05) is 31.3 Å². The van der Waals surface area contributed by atoms with Crippen LogP contribution in [0.15, 0.2) is 23.0 Å². The lowest BCUT2D eigenvalue weighted by Crippen LogP contribution is -2.12. The van der Waals surface area contributed by atoms with E-state index >= 15 is 0 Å². The van der Waals surface area contributed by atoms with Crippen LogP contribution in [0.5, 0.6) is 5.75 Å². The second kappa shape index (κ2) is 5.36. The number of benzene rings is 1. The second-order valence-electron chi connectivity index (χ2n) is 4.07. The van der Waals surface area contributed by atoms with Gasteiger partial charge < -0.3 is 4.74 Å². The van der Waals surface area contributed by atoms with Crippen LogP contribution in [0.3, 0.4) is 0 Å². The molecule has 0 spiro atoms. The maximum Gasteiger partial charge on any atom is 0.268 e. The molecule has 0 atom stereocenters. The van der Waals surface area contributed by atoms with Crippen molar-refractivity contribution in [2.75, 3.05) is 7.11 Å². The van der Waals surface area contributed by atoms with Gasteiger partial charge in [-0.15, -0.1) is 0 Å². The van der Waals surface area contributed by atoms with Crippen molar-refractivity contribution in [3.05, 3.63) is 28.6 Å². The van der Waals surface area contributed by atoms with Gasteiger partial charge in [-0.3, -0.25) is 8.75 Å². The van der Waals surface area contributed by atoms with Gasteiger partial charge in [0.25, 0.3) is 5.56 Å². The van der Waals surface area contributed by atoms with E-state index in [1.54, 1.807) is 7.11 Å². The molecule has 0 saturated heterocycles. The Morgan fingerprint density at radius 3 is 2.88 bits per heavy atom. The maximum atomic E-state index is 12.1. The van der Waals surface area contributed by atoms with Gasteiger partial charge >= 0.3 is 0 Å². The van der Waals surface area contributed by atoms with Crippen molar-refractivity contribution in [3.63, 3.8) is 0 Å². The molecule has 0 fully saturated rings. The smallest absolute Gasteiger partial charge is 0.268 e. The Balaban J connectivity index is 2.32. The Kier molecular flexibility index (Phi) is 3.84. The highest BCUT2D eigenvalue weighted by Crippen LogP contribution is 2.22. The van der Waals surface area contributed by atoms with E-state index in [-0.39, 0.29) is 5.56 Å². The quantitative estimate of drug-likeness (QED) is 0.764. The van der Waals surface area contributed by atoms with Crippen LogP contribution in [0.1, 0.15) is 26.2 Å². The van der Waals surface area contributed by atoms with E-state index in [2.05, 4.69) is 6.92 Å². The lowest BCUT2D eigenvalue weighted by molar-refractivity contribution is 0.415. The lowest BCUT2D eigenvalue weighted by atomic mass is 10.2.